The quantitative estimate of drug-likeness (QED) is 0.815. The van der Waals surface area contributed by atoms with E-state index in [0.29, 0.717) is 6.04 Å². The molecule has 1 aromatic rings. The molecule has 0 fully saturated rings. The summed E-state index contributed by atoms with van der Waals surface area (Å²) in [4.78, 5) is 0. The molecule has 0 saturated carbocycles. The highest BCUT2D eigenvalue weighted by Crippen LogP contribution is 2.29. The third-order valence-corrected chi connectivity index (χ3v) is 3.52. The fraction of sp³-hybridized carbons (Fsp3) is 0.571. The Balaban J connectivity index is 2.12. The summed E-state index contributed by atoms with van der Waals surface area (Å²) in [6.07, 6.45) is 4.61. The van der Waals surface area contributed by atoms with E-state index in [1.165, 1.54) is 30.4 Å². The van der Waals surface area contributed by atoms with Crippen molar-refractivity contribution in [3.8, 4) is 0 Å². The standard InChI is InChI=1S/C14H21NO/c1-2-12(10-16)15-14-9-5-7-11-6-3-4-8-13(11)14/h3-4,6,8,12,14-16H,2,5,7,9-10H2,1H3. The van der Waals surface area contributed by atoms with Crippen molar-refractivity contribution in [2.45, 2.75) is 44.7 Å². The first-order valence-electron chi connectivity index (χ1n) is 6.30. The lowest BCUT2D eigenvalue weighted by Gasteiger charge is -2.29. The van der Waals surface area contributed by atoms with Crippen LogP contribution in [0, 0.1) is 0 Å². The van der Waals surface area contributed by atoms with Crippen LogP contribution in [0.4, 0.5) is 0 Å². The first-order chi connectivity index (χ1) is 7.85. The lowest BCUT2D eigenvalue weighted by atomic mass is 9.87. The summed E-state index contributed by atoms with van der Waals surface area (Å²) in [5.74, 6) is 0. The van der Waals surface area contributed by atoms with Crippen LogP contribution in [0.25, 0.3) is 0 Å². The fourth-order valence-electron chi connectivity index (χ4n) is 2.51. The highest BCUT2D eigenvalue weighted by Gasteiger charge is 2.21. The van der Waals surface area contributed by atoms with E-state index in [1.54, 1.807) is 0 Å². The maximum atomic E-state index is 9.24. The first-order valence-corrected chi connectivity index (χ1v) is 6.30. The molecule has 1 aliphatic carbocycles. The Morgan fingerprint density at radius 2 is 2.25 bits per heavy atom. The minimum Gasteiger partial charge on any atom is -0.395 e. The highest BCUT2D eigenvalue weighted by molar-refractivity contribution is 5.32. The predicted molar refractivity (Wildman–Crippen MR) is 66.4 cm³/mol. The molecule has 0 radical (unpaired) electrons. The molecule has 2 unspecified atom stereocenters. The summed E-state index contributed by atoms with van der Waals surface area (Å²) in [5, 5.41) is 12.8. The number of aliphatic hydroxyl groups excluding tert-OH is 1. The molecule has 0 amide bonds. The normalized spacial score (nSPS) is 21.5. The SMILES string of the molecule is CCC(CO)NC1CCCc2ccccc21. The van der Waals surface area contributed by atoms with Crippen molar-refractivity contribution in [3.05, 3.63) is 35.4 Å². The molecule has 0 bridgehead atoms. The van der Waals surface area contributed by atoms with Crippen molar-refractivity contribution < 1.29 is 5.11 Å². The van der Waals surface area contributed by atoms with Gasteiger partial charge in [-0.15, -0.1) is 0 Å². The van der Waals surface area contributed by atoms with Crippen LogP contribution >= 0.6 is 0 Å². The Morgan fingerprint density at radius 1 is 1.44 bits per heavy atom. The average Bonchev–Trinajstić information content (AvgIpc) is 2.36. The molecule has 16 heavy (non-hydrogen) atoms. The smallest absolute Gasteiger partial charge is 0.0584 e. The van der Waals surface area contributed by atoms with Gasteiger partial charge in [0.1, 0.15) is 0 Å². The van der Waals surface area contributed by atoms with Gasteiger partial charge < -0.3 is 10.4 Å². The van der Waals surface area contributed by atoms with E-state index < -0.39 is 0 Å². The summed E-state index contributed by atoms with van der Waals surface area (Å²) in [6, 6.07) is 9.33. The number of rotatable bonds is 4. The Morgan fingerprint density at radius 3 is 3.00 bits per heavy atom. The van der Waals surface area contributed by atoms with E-state index in [4.69, 9.17) is 0 Å². The molecule has 0 saturated heterocycles. The van der Waals surface area contributed by atoms with Crippen molar-refractivity contribution in [2.75, 3.05) is 6.61 Å². The second-order valence-electron chi connectivity index (χ2n) is 4.60. The minimum absolute atomic E-state index is 0.231. The van der Waals surface area contributed by atoms with Gasteiger partial charge in [-0.1, -0.05) is 31.2 Å². The topological polar surface area (TPSA) is 32.3 Å². The van der Waals surface area contributed by atoms with Gasteiger partial charge in [0.05, 0.1) is 6.61 Å². The molecule has 2 rings (SSSR count). The Bertz CT molecular complexity index is 333. The van der Waals surface area contributed by atoms with Gasteiger partial charge in [-0.25, -0.2) is 0 Å². The summed E-state index contributed by atoms with van der Waals surface area (Å²) >= 11 is 0. The molecule has 2 N–H and O–H groups in total. The van der Waals surface area contributed by atoms with Crippen LogP contribution in [0.15, 0.2) is 24.3 Å². The van der Waals surface area contributed by atoms with Gasteiger partial charge in [-0.3, -0.25) is 0 Å². The lowest BCUT2D eigenvalue weighted by Crippen LogP contribution is -2.36. The largest absolute Gasteiger partial charge is 0.395 e. The van der Waals surface area contributed by atoms with Crippen LogP contribution < -0.4 is 5.32 Å². The summed E-state index contributed by atoms with van der Waals surface area (Å²) < 4.78 is 0. The average molecular weight is 219 g/mol. The van der Waals surface area contributed by atoms with Crippen LogP contribution in [0.2, 0.25) is 0 Å². The zero-order valence-corrected chi connectivity index (χ0v) is 9.95. The van der Waals surface area contributed by atoms with E-state index in [-0.39, 0.29) is 12.6 Å². The molecule has 88 valence electrons. The molecule has 1 aromatic carbocycles. The Labute approximate surface area is 97.7 Å². The van der Waals surface area contributed by atoms with E-state index in [2.05, 4.69) is 36.5 Å². The van der Waals surface area contributed by atoms with Crippen molar-refractivity contribution in [2.24, 2.45) is 0 Å². The van der Waals surface area contributed by atoms with Gasteiger partial charge in [0.25, 0.3) is 0 Å². The molecule has 0 aromatic heterocycles. The molecule has 0 spiro atoms. The molecule has 1 aliphatic rings. The van der Waals surface area contributed by atoms with Gasteiger partial charge >= 0.3 is 0 Å². The van der Waals surface area contributed by atoms with Gasteiger partial charge in [0.2, 0.25) is 0 Å². The maximum Gasteiger partial charge on any atom is 0.0584 e. The van der Waals surface area contributed by atoms with Gasteiger partial charge in [0.15, 0.2) is 0 Å². The van der Waals surface area contributed by atoms with Crippen molar-refractivity contribution in [3.63, 3.8) is 0 Å². The second-order valence-corrected chi connectivity index (χ2v) is 4.60. The van der Waals surface area contributed by atoms with Gasteiger partial charge in [0, 0.05) is 12.1 Å². The van der Waals surface area contributed by atoms with Crippen molar-refractivity contribution in [1.29, 1.82) is 0 Å². The number of aliphatic hydroxyl groups is 1. The zero-order valence-electron chi connectivity index (χ0n) is 9.95. The second kappa shape index (κ2) is 5.46. The van der Waals surface area contributed by atoms with Crippen LogP contribution in [0.5, 0.6) is 0 Å². The lowest BCUT2D eigenvalue weighted by molar-refractivity contribution is 0.223. The predicted octanol–water partition coefficient (Wildman–Crippen LogP) is 2.42. The fourth-order valence-corrected chi connectivity index (χ4v) is 2.51. The van der Waals surface area contributed by atoms with Gasteiger partial charge in [-0.05, 0) is 36.8 Å². The number of aryl methyl sites for hydroxylation is 1. The number of benzene rings is 1. The molecular weight excluding hydrogens is 198 g/mol. The van der Waals surface area contributed by atoms with E-state index >= 15 is 0 Å². The molecule has 2 heteroatoms. The monoisotopic (exact) mass is 219 g/mol. The maximum absolute atomic E-state index is 9.24. The first kappa shape index (κ1) is 11.6. The molecule has 2 nitrogen and oxygen atoms in total. The van der Waals surface area contributed by atoms with Crippen LogP contribution in [-0.4, -0.2) is 17.8 Å². The number of hydrogen-bond donors (Lipinski definition) is 2. The Hall–Kier alpha value is -0.860. The van der Waals surface area contributed by atoms with Crippen LogP contribution in [-0.2, 0) is 6.42 Å². The van der Waals surface area contributed by atoms with Crippen molar-refractivity contribution >= 4 is 0 Å². The van der Waals surface area contributed by atoms with Gasteiger partial charge in [-0.2, -0.15) is 0 Å². The molecule has 0 aliphatic heterocycles. The number of fused-ring (bicyclic) bond motifs is 1. The molecular formula is C14H21NO. The molecule has 0 heterocycles. The summed E-state index contributed by atoms with van der Waals surface area (Å²) in [5.41, 5.74) is 2.90. The highest BCUT2D eigenvalue weighted by atomic mass is 16.3. The third kappa shape index (κ3) is 2.45. The van der Waals surface area contributed by atoms with Crippen LogP contribution in [0.1, 0.15) is 43.4 Å². The number of hydrogen-bond acceptors (Lipinski definition) is 2. The summed E-state index contributed by atoms with van der Waals surface area (Å²) in [6.45, 7) is 2.35. The minimum atomic E-state index is 0.231. The van der Waals surface area contributed by atoms with E-state index in [1.807, 2.05) is 0 Å². The van der Waals surface area contributed by atoms with Crippen molar-refractivity contribution in [1.82, 2.24) is 5.32 Å². The zero-order chi connectivity index (χ0) is 11.4. The third-order valence-electron chi connectivity index (χ3n) is 3.52. The van der Waals surface area contributed by atoms with E-state index in [0.717, 1.165) is 6.42 Å². The summed E-state index contributed by atoms with van der Waals surface area (Å²) in [7, 11) is 0. The van der Waals surface area contributed by atoms with E-state index in [9.17, 15) is 5.11 Å². The number of nitrogens with one attached hydrogen (secondary N) is 1. The Kier molecular flexibility index (Phi) is 3.97. The molecule has 2 atom stereocenters. The van der Waals surface area contributed by atoms with Crippen LogP contribution in [0.3, 0.4) is 0 Å².